The average molecular weight is 354 g/mol. The minimum absolute atomic E-state index is 0.262. The van der Waals surface area contributed by atoms with Crippen LogP contribution in [0, 0.1) is 0 Å². The van der Waals surface area contributed by atoms with Crippen molar-refractivity contribution in [3.8, 4) is 5.75 Å². The van der Waals surface area contributed by atoms with Gasteiger partial charge in [-0.15, -0.1) is 13.2 Å². The first-order chi connectivity index (χ1) is 10.9. The third-order valence-electron chi connectivity index (χ3n) is 2.44. The number of nitrogens with one attached hydrogen (secondary N) is 1. The fourth-order valence-corrected chi connectivity index (χ4v) is 1.64. The molecule has 0 saturated heterocycles. The van der Waals surface area contributed by atoms with E-state index < -0.39 is 23.9 Å². The highest BCUT2D eigenvalue weighted by Crippen LogP contribution is 2.40. The normalized spacial score (nSPS) is 12.1. The molecule has 0 atom stereocenters. The smallest absolute Gasteiger partial charge is 0.405 e. The Morgan fingerprint density at radius 3 is 2.00 bits per heavy atom. The number of aromatic nitrogens is 3. The van der Waals surface area contributed by atoms with Crippen molar-refractivity contribution in [3.63, 3.8) is 0 Å². The van der Waals surface area contributed by atoms with Gasteiger partial charge in [0.2, 0.25) is 17.8 Å². The van der Waals surface area contributed by atoms with Crippen molar-refractivity contribution < 1.29 is 31.1 Å². The fraction of sp³-hybridized carbons (Fsp3) is 0.182. The van der Waals surface area contributed by atoms with Crippen LogP contribution in [-0.4, -0.2) is 21.3 Å². The molecule has 2 aromatic rings. The maximum Gasteiger partial charge on any atom is 0.573 e. The zero-order valence-electron chi connectivity index (χ0n) is 11.4. The van der Waals surface area contributed by atoms with Gasteiger partial charge in [0.05, 0.1) is 5.56 Å². The van der Waals surface area contributed by atoms with Crippen molar-refractivity contribution in [2.75, 3.05) is 16.8 Å². The number of ether oxygens (including phenoxy) is 1. The van der Waals surface area contributed by atoms with E-state index in [2.05, 4.69) is 25.0 Å². The quantitative estimate of drug-likeness (QED) is 0.727. The number of rotatable bonds is 3. The third kappa shape index (κ3) is 4.50. The predicted octanol–water partition coefficient (Wildman–Crippen LogP) is 2.70. The van der Waals surface area contributed by atoms with Gasteiger partial charge in [0.15, 0.2) is 0 Å². The van der Waals surface area contributed by atoms with Crippen LogP contribution in [0.1, 0.15) is 5.56 Å². The molecule has 0 unspecified atom stereocenters. The van der Waals surface area contributed by atoms with Crippen molar-refractivity contribution >= 4 is 23.5 Å². The molecule has 24 heavy (non-hydrogen) atoms. The van der Waals surface area contributed by atoms with Crippen LogP contribution in [0.4, 0.5) is 49.9 Å². The van der Waals surface area contributed by atoms with Crippen molar-refractivity contribution in [2.24, 2.45) is 0 Å². The molecule has 0 saturated carbocycles. The highest BCUT2D eigenvalue weighted by molar-refractivity contribution is 5.59. The second-order valence-electron chi connectivity index (χ2n) is 4.26. The first kappa shape index (κ1) is 17.4. The van der Waals surface area contributed by atoms with Gasteiger partial charge in [-0.1, -0.05) is 0 Å². The molecule has 7 nitrogen and oxygen atoms in total. The van der Waals surface area contributed by atoms with E-state index in [1.54, 1.807) is 0 Å². The second kappa shape index (κ2) is 5.90. The number of nitrogens with zero attached hydrogens (tertiary/aromatic N) is 3. The largest absolute Gasteiger partial charge is 0.573 e. The van der Waals surface area contributed by atoms with E-state index in [9.17, 15) is 26.3 Å². The minimum atomic E-state index is -5.27. The maximum absolute atomic E-state index is 12.9. The third-order valence-corrected chi connectivity index (χ3v) is 2.44. The number of nitrogen functional groups attached to an aromatic ring is 2. The summed E-state index contributed by atoms with van der Waals surface area (Å²) < 4.78 is 78.7. The lowest BCUT2D eigenvalue weighted by Crippen LogP contribution is -2.20. The van der Waals surface area contributed by atoms with Crippen LogP contribution in [0.25, 0.3) is 0 Å². The highest BCUT2D eigenvalue weighted by Gasteiger charge is 2.39. The van der Waals surface area contributed by atoms with Crippen LogP contribution in [0.15, 0.2) is 18.2 Å². The average Bonchev–Trinajstić information content (AvgIpc) is 2.36. The zero-order chi connectivity index (χ0) is 18.1. The van der Waals surface area contributed by atoms with E-state index in [4.69, 9.17) is 11.5 Å². The first-order valence-corrected chi connectivity index (χ1v) is 5.95. The number of hydrogen-bond donors (Lipinski definition) is 3. The van der Waals surface area contributed by atoms with Crippen LogP contribution >= 0.6 is 0 Å². The van der Waals surface area contributed by atoms with Gasteiger partial charge < -0.3 is 21.5 Å². The van der Waals surface area contributed by atoms with Crippen LogP contribution in [-0.2, 0) is 6.18 Å². The summed E-state index contributed by atoms with van der Waals surface area (Å²) in [5.41, 5.74) is 8.70. The lowest BCUT2D eigenvalue weighted by Gasteiger charge is -2.16. The minimum Gasteiger partial charge on any atom is -0.405 e. The molecule has 0 aliphatic heterocycles. The van der Waals surface area contributed by atoms with E-state index in [0.717, 1.165) is 6.07 Å². The van der Waals surface area contributed by atoms with E-state index in [1.165, 1.54) is 0 Å². The molecular formula is C11H8F6N6O. The van der Waals surface area contributed by atoms with Crippen molar-refractivity contribution in [3.05, 3.63) is 23.8 Å². The molecule has 1 heterocycles. The van der Waals surface area contributed by atoms with Crippen LogP contribution < -0.4 is 21.5 Å². The Kier molecular flexibility index (Phi) is 4.27. The molecule has 0 radical (unpaired) electrons. The molecule has 2 rings (SSSR count). The van der Waals surface area contributed by atoms with Crippen LogP contribution in [0.2, 0.25) is 0 Å². The Bertz CT molecular complexity index is 727. The summed E-state index contributed by atoms with van der Waals surface area (Å²) in [6, 6.07) is 1.82. The molecule has 0 fully saturated rings. The number of benzene rings is 1. The summed E-state index contributed by atoms with van der Waals surface area (Å²) in [6.45, 7) is 0. The van der Waals surface area contributed by atoms with Gasteiger partial charge in [-0.05, 0) is 18.2 Å². The van der Waals surface area contributed by atoms with E-state index in [0.29, 0.717) is 12.1 Å². The Morgan fingerprint density at radius 2 is 1.50 bits per heavy atom. The molecule has 0 bridgehead atoms. The highest BCUT2D eigenvalue weighted by atomic mass is 19.4. The summed E-state index contributed by atoms with van der Waals surface area (Å²) in [4.78, 5) is 10.6. The van der Waals surface area contributed by atoms with Crippen molar-refractivity contribution in [2.45, 2.75) is 12.5 Å². The van der Waals surface area contributed by atoms with Gasteiger partial charge in [-0.2, -0.15) is 28.1 Å². The van der Waals surface area contributed by atoms with Gasteiger partial charge in [0.1, 0.15) is 5.75 Å². The standard InChI is InChI=1S/C11H8F6N6O/c12-10(13,14)5-3-4(1-2-6(5)24-11(15,16)17)20-9-22-7(18)21-8(19)23-9/h1-3H,(H5,18,19,20,21,22,23). The maximum atomic E-state index is 12.9. The fourth-order valence-electron chi connectivity index (χ4n) is 1.64. The molecule has 0 aliphatic carbocycles. The van der Waals surface area contributed by atoms with E-state index >= 15 is 0 Å². The van der Waals surface area contributed by atoms with Crippen LogP contribution in [0.3, 0.4) is 0 Å². The van der Waals surface area contributed by atoms with Crippen molar-refractivity contribution in [1.29, 1.82) is 0 Å². The van der Waals surface area contributed by atoms with Crippen molar-refractivity contribution in [1.82, 2.24) is 15.0 Å². The molecule has 0 spiro atoms. The summed E-state index contributed by atoms with van der Waals surface area (Å²) in [5.74, 6) is -2.26. The Hall–Kier alpha value is -2.99. The van der Waals surface area contributed by atoms with Gasteiger partial charge >= 0.3 is 12.5 Å². The molecule has 1 aromatic heterocycles. The Morgan fingerprint density at radius 1 is 0.917 bits per heavy atom. The zero-order valence-corrected chi connectivity index (χ0v) is 11.4. The summed E-state index contributed by atoms with van der Waals surface area (Å²) >= 11 is 0. The van der Waals surface area contributed by atoms with E-state index in [-0.39, 0.29) is 23.5 Å². The van der Waals surface area contributed by atoms with E-state index in [1.807, 2.05) is 0 Å². The molecule has 0 amide bonds. The number of hydrogen-bond acceptors (Lipinski definition) is 7. The Balaban J connectivity index is 2.39. The first-order valence-electron chi connectivity index (χ1n) is 5.95. The molecule has 130 valence electrons. The van der Waals surface area contributed by atoms with Crippen LogP contribution in [0.5, 0.6) is 5.75 Å². The van der Waals surface area contributed by atoms with Gasteiger partial charge in [0, 0.05) is 5.69 Å². The Labute approximate surface area is 129 Å². The lowest BCUT2D eigenvalue weighted by molar-refractivity contribution is -0.276. The molecule has 0 aliphatic rings. The summed E-state index contributed by atoms with van der Waals surface area (Å²) in [7, 11) is 0. The molecule has 5 N–H and O–H groups in total. The molecule has 13 heteroatoms. The van der Waals surface area contributed by atoms with Gasteiger partial charge in [-0.25, -0.2) is 0 Å². The topological polar surface area (TPSA) is 112 Å². The number of anilines is 4. The second-order valence-corrected chi connectivity index (χ2v) is 4.26. The molecule has 1 aromatic carbocycles. The predicted molar refractivity (Wildman–Crippen MR) is 70.1 cm³/mol. The number of alkyl halides is 6. The number of halogens is 6. The van der Waals surface area contributed by atoms with Gasteiger partial charge in [0.25, 0.3) is 0 Å². The number of nitrogens with two attached hydrogens (primary N) is 2. The van der Waals surface area contributed by atoms with Gasteiger partial charge in [-0.3, -0.25) is 0 Å². The summed E-state index contributed by atoms with van der Waals surface area (Å²) in [6.07, 6.45) is -10.4. The summed E-state index contributed by atoms with van der Waals surface area (Å²) in [5, 5.41) is 2.33. The molecular weight excluding hydrogens is 346 g/mol. The lowest BCUT2D eigenvalue weighted by atomic mass is 10.1. The monoisotopic (exact) mass is 354 g/mol. The SMILES string of the molecule is Nc1nc(N)nc(Nc2ccc(OC(F)(F)F)c(C(F)(F)F)c2)n1.